The van der Waals surface area contributed by atoms with E-state index in [9.17, 15) is 4.79 Å². The van der Waals surface area contributed by atoms with Crippen molar-refractivity contribution in [1.29, 1.82) is 0 Å². The van der Waals surface area contributed by atoms with Crippen LogP contribution in [0.3, 0.4) is 0 Å². The molecule has 2 aliphatic rings. The molecule has 0 aromatic heterocycles. The third-order valence-electron chi connectivity index (χ3n) is 4.81. The Kier molecular flexibility index (Phi) is 4.15. The number of hydrogen-bond acceptors (Lipinski definition) is 3. The van der Waals surface area contributed by atoms with Crippen molar-refractivity contribution >= 4 is 5.91 Å². The van der Waals surface area contributed by atoms with E-state index in [4.69, 9.17) is 4.74 Å². The van der Waals surface area contributed by atoms with E-state index < -0.39 is 0 Å². The monoisotopic (exact) mass is 288 g/mol. The van der Waals surface area contributed by atoms with E-state index in [2.05, 4.69) is 23.1 Å². The van der Waals surface area contributed by atoms with E-state index in [1.807, 2.05) is 11.8 Å². The zero-order valence-corrected chi connectivity index (χ0v) is 13.0. The summed E-state index contributed by atoms with van der Waals surface area (Å²) in [5.74, 6) is 1.23. The first-order chi connectivity index (χ1) is 10.2. The van der Waals surface area contributed by atoms with Crippen LogP contribution in [-0.2, 0) is 11.2 Å². The number of ether oxygens (including phenoxy) is 1. The van der Waals surface area contributed by atoms with Crippen LogP contribution in [0.25, 0.3) is 0 Å². The van der Waals surface area contributed by atoms with Crippen LogP contribution >= 0.6 is 0 Å². The van der Waals surface area contributed by atoms with E-state index in [0.29, 0.717) is 12.5 Å². The molecule has 1 heterocycles. The zero-order valence-electron chi connectivity index (χ0n) is 13.0. The summed E-state index contributed by atoms with van der Waals surface area (Å²) in [5.41, 5.74) is 2.87. The number of fused-ring (bicyclic) bond motifs is 1. The van der Waals surface area contributed by atoms with Crippen molar-refractivity contribution in [2.45, 2.75) is 32.2 Å². The molecule has 3 rings (SSSR count). The van der Waals surface area contributed by atoms with E-state index in [0.717, 1.165) is 38.3 Å². The smallest absolute Gasteiger partial charge is 0.222 e. The molecule has 0 spiro atoms. The summed E-state index contributed by atoms with van der Waals surface area (Å²) in [4.78, 5) is 16.3. The van der Waals surface area contributed by atoms with Crippen LogP contribution in [0, 0.1) is 0 Å². The van der Waals surface area contributed by atoms with Gasteiger partial charge in [-0.25, -0.2) is 0 Å². The molecule has 21 heavy (non-hydrogen) atoms. The van der Waals surface area contributed by atoms with Crippen LogP contribution in [0.4, 0.5) is 0 Å². The highest BCUT2D eigenvalue weighted by atomic mass is 16.5. The van der Waals surface area contributed by atoms with Crippen molar-refractivity contribution < 1.29 is 9.53 Å². The van der Waals surface area contributed by atoms with Crippen molar-refractivity contribution in [3.8, 4) is 5.75 Å². The first-order valence-corrected chi connectivity index (χ1v) is 7.91. The molecule has 1 aliphatic carbocycles. The largest absolute Gasteiger partial charge is 0.497 e. The normalized spacial score (nSPS) is 22.2. The SMILES string of the molecule is CCC(=O)N1CCN([C@H]2CCc3ccc(OC)cc32)CC1. The molecule has 1 saturated heterocycles. The zero-order chi connectivity index (χ0) is 14.8. The second-order valence-electron chi connectivity index (χ2n) is 5.89. The lowest BCUT2D eigenvalue weighted by atomic mass is 10.1. The fourth-order valence-electron chi connectivity index (χ4n) is 3.57. The second kappa shape index (κ2) is 6.06. The number of carbonyl (C=O) groups excluding carboxylic acids is 1. The molecular weight excluding hydrogens is 264 g/mol. The van der Waals surface area contributed by atoms with Gasteiger partial charge in [-0.05, 0) is 36.1 Å². The van der Waals surface area contributed by atoms with Crippen LogP contribution in [0.5, 0.6) is 5.75 Å². The van der Waals surface area contributed by atoms with Crippen LogP contribution < -0.4 is 4.74 Å². The molecule has 0 unspecified atom stereocenters. The average molecular weight is 288 g/mol. The summed E-state index contributed by atoms with van der Waals surface area (Å²) in [6.07, 6.45) is 2.95. The number of nitrogens with zero attached hydrogens (tertiary/aromatic N) is 2. The van der Waals surface area contributed by atoms with Gasteiger partial charge in [-0.2, -0.15) is 0 Å². The van der Waals surface area contributed by atoms with Crippen LogP contribution in [0.2, 0.25) is 0 Å². The molecule has 0 N–H and O–H groups in total. The number of hydrogen-bond donors (Lipinski definition) is 0. The summed E-state index contributed by atoms with van der Waals surface area (Å²) in [6, 6.07) is 6.94. The number of aryl methyl sites for hydroxylation is 1. The van der Waals surface area contributed by atoms with Crippen LogP contribution in [0.1, 0.15) is 36.9 Å². The van der Waals surface area contributed by atoms with Gasteiger partial charge in [-0.15, -0.1) is 0 Å². The molecule has 0 bridgehead atoms. The van der Waals surface area contributed by atoms with Crippen molar-refractivity contribution in [3.05, 3.63) is 29.3 Å². The van der Waals surface area contributed by atoms with Crippen molar-refractivity contribution in [2.24, 2.45) is 0 Å². The van der Waals surface area contributed by atoms with Gasteiger partial charge in [0.15, 0.2) is 0 Å². The average Bonchev–Trinajstić information content (AvgIpc) is 2.97. The summed E-state index contributed by atoms with van der Waals surface area (Å²) in [7, 11) is 1.72. The quantitative estimate of drug-likeness (QED) is 0.855. The molecule has 0 saturated carbocycles. The highest BCUT2D eigenvalue weighted by Gasteiger charge is 2.31. The predicted molar refractivity (Wildman–Crippen MR) is 82.5 cm³/mol. The molecule has 0 radical (unpaired) electrons. The fourth-order valence-corrected chi connectivity index (χ4v) is 3.57. The lowest BCUT2D eigenvalue weighted by Gasteiger charge is -2.38. The standard InChI is InChI=1S/C17H24N2O2/c1-3-17(20)19-10-8-18(9-11-19)16-7-5-13-4-6-14(21-2)12-15(13)16/h4,6,12,16H,3,5,7-11H2,1-2H3/t16-/m0/s1. The molecule has 1 aromatic carbocycles. The van der Waals surface area contributed by atoms with Gasteiger partial charge in [0.05, 0.1) is 7.11 Å². The van der Waals surface area contributed by atoms with Crippen LogP contribution in [-0.4, -0.2) is 49.0 Å². The van der Waals surface area contributed by atoms with Gasteiger partial charge in [-0.3, -0.25) is 9.69 Å². The van der Waals surface area contributed by atoms with Gasteiger partial charge in [-0.1, -0.05) is 13.0 Å². The highest BCUT2D eigenvalue weighted by molar-refractivity contribution is 5.75. The first kappa shape index (κ1) is 14.4. The van der Waals surface area contributed by atoms with Gasteiger partial charge in [0.25, 0.3) is 0 Å². The van der Waals surface area contributed by atoms with E-state index in [1.165, 1.54) is 17.5 Å². The molecule has 1 fully saturated rings. The summed E-state index contributed by atoms with van der Waals surface area (Å²) in [5, 5.41) is 0. The maximum absolute atomic E-state index is 11.8. The molecule has 1 aliphatic heterocycles. The Morgan fingerprint density at radius 2 is 2.05 bits per heavy atom. The maximum Gasteiger partial charge on any atom is 0.222 e. The Labute approximate surface area is 126 Å². The molecule has 4 heteroatoms. The number of carbonyl (C=O) groups is 1. The maximum atomic E-state index is 11.8. The summed E-state index contributed by atoms with van der Waals surface area (Å²) in [6.45, 7) is 5.62. The van der Waals surface area contributed by atoms with Gasteiger partial charge in [0, 0.05) is 38.6 Å². The summed E-state index contributed by atoms with van der Waals surface area (Å²) >= 11 is 0. The Morgan fingerprint density at radius 3 is 2.71 bits per heavy atom. The Bertz CT molecular complexity index is 522. The molecule has 114 valence electrons. The fraction of sp³-hybridized carbons (Fsp3) is 0.588. The molecule has 1 atom stereocenters. The van der Waals surface area contributed by atoms with Gasteiger partial charge < -0.3 is 9.64 Å². The topological polar surface area (TPSA) is 32.8 Å². The third kappa shape index (κ3) is 2.77. The minimum Gasteiger partial charge on any atom is -0.497 e. The number of benzene rings is 1. The first-order valence-electron chi connectivity index (χ1n) is 7.91. The van der Waals surface area contributed by atoms with Crippen molar-refractivity contribution in [2.75, 3.05) is 33.3 Å². The number of amides is 1. The lowest BCUT2D eigenvalue weighted by Crippen LogP contribution is -2.49. The second-order valence-corrected chi connectivity index (χ2v) is 5.89. The Morgan fingerprint density at radius 1 is 1.29 bits per heavy atom. The minimum atomic E-state index is 0.281. The van der Waals surface area contributed by atoms with E-state index in [-0.39, 0.29) is 5.91 Å². The lowest BCUT2D eigenvalue weighted by molar-refractivity contribution is -0.132. The molecule has 1 aromatic rings. The van der Waals surface area contributed by atoms with Gasteiger partial charge in [0.1, 0.15) is 5.75 Å². The van der Waals surface area contributed by atoms with Crippen molar-refractivity contribution in [3.63, 3.8) is 0 Å². The van der Waals surface area contributed by atoms with Gasteiger partial charge >= 0.3 is 0 Å². The number of piperazine rings is 1. The molecular formula is C17H24N2O2. The Hall–Kier alpha value is -1.55. The summed E-state index contributed by atoms with van der Waals surface area (Å²) < 4.78 is 5.37. The van der Waals surface area contributed by atoms with E-state index >= 15 is 0 Å². The number of rotatable bonds is 3. The Balaban J connectivity index is 1.69. The number of methoxy groups -OCH3 is 1. The minimum absolute atomic E-state index is 0.281. The predicted octanol–water partition coefficient (Wildman–Crippen LogP) is 2.24. The van der Waals surface area contributed by atoms with Crippen molar-refractivity contribution in [1.82, 2.24) is 9.80 Å². The molecule has 1 amide bonds. The molecule has 4 nitrogen and oxygen atoms in total. The van der Waals surface area contributed by atoms with Gasteiger partial charge in [0.2, 0.25) is 5.91 Å². The highest BCUT2D eigenvalue weighted by Crippen LogP contribution is 2.38. The van der Waals surface area contributed by atoms with Crippen LogP contribution in [0.15, 0.2) is 18.2 Å². The third-order valence-corrected chi connectivity index (χ3v) is 4.81. The van der Waals surface area contributed by atoms with E-state index in [1.54, 1.807) is 7.11 Å².